The lowest BCUT2D eigenvalue weighted by Gasteiger charge is -2.33. The molecule has 31 heavy (non-hydrogen) atoms. The Morgan fingerprint density at radius 3 is 2.94 bits per heavy atom. The molecule has 1 aromatic carbocycles. The molecule has 3 aromatic rings. The fourth-order valence-corrected chi connectivity index (χ4v) is 4.04. The van der Waals surface area contributed by atoms with Crippen molar-refractivity contribution >= 4 is 5.91 Å². The number of methoxy groups -OCH3 is 1. The molecule has 1 aliphatic rings. The molecule has 1 saturated heterocycles. The first-order chi connectivity index (χ1) is 15.0. The van der Waals surface area contributed by atoms with Crippen LogP contribution in [0.15, 0.2) is 35.0 Å². The molecule has 0 spiro atoms. The van der Waals surface area contributed by atoms with Gasteiger partial charge in [-0.3, -0.25) is 4.79 Å². The van der Waals surface area contributed by atoms with Gasteiger partial charge in [-0.05, 0) is 43.9 Å². The lowest BCUT2D eigenvalue weighted by atomic mass is 9.91. The van der Waals surface area contributed by atoms with Crippen molar-refractivity contribution in [3.8, 4) is 17.1 Å². The van der Waals surface area contributed by atoms with Crippen molar-refractivity contribution in [3.05, 3.63) is 53.4 Å². The quantitative estimate of drug-likeness (QED) is 0.601. The van der Waals surface area contributed by atoms with Gasteiger partial charge in [-0.1, -0.05) is 17.3 Å². The number of benzene rings is 1. The fourth-order valence-electron chi connectivity index (χ4n) is 4.04. The van der Waals surface area contributed by atoms with Crippen LogP contribution in [-0.2, 0) is 11.2 Å². The van der Waals surface area contributed by atoms with E-state index in [1.807, 2.05) is 36.1 Å². The van der Waals surface area contributed by atoms with Crippen molar-refractivity contribution in [2.45, 2.75) is 45.4 Å². The van der Waals surface area contributed by atoms with Crippen LogP contribution in [0.4, 0.5) is 0 Å². The molecule has 1 atom stereocenters. The minimum absolute atomic E-state index is 0.116. The summed E-state index contributed by atoms with van der Waals surface area (Å²) in [7, 11) is 1.65. The summed E-state index contributed by atoms with van der Waals surface area (Å²) in [4.78, 5) is 28.3. The van der Waals surface area contributed by atoms with E-state index in [0.29, 0.717) is 36.9 Å². The maximum Gasteiger partial charge on any atom is 0.223 e. The Bertz CT molecular complexity index is 1060. The molecule has 0 N–H and O–H groups in total. The number of aromatic nitrogens is 4. The third kappa shape index (κ3) is 4.90. The first-order valence-corrected chi connectivity index (χ1v) is 10.6. The first-order valence-electron chi connectivity index (χ1n) is 10.6. The Labute approximate surface area is 181 Å². The highest BCUT2D eigenvalue weighted by Gasteiger charge is 2.28. The van der Waals surface area contributed by atoms with Gasteiger partial charge in [-0.2, -0.15) is 4.98 Å². The van der Waals surface area contributed by atoms with Crippen LogP contribution in [0.5, 0.6) is 5.75 Å². The van der Waals surface area contributed by atoms with Gasteiger partial charge < -0.3 is 14.2 Å². The molecule has 1 amide bonds. The lowest BCUT2D eigenvalue weighted by Crippen LogP contribution is -2.39. The molecule has 1 aliphatic heterocycles. The number of hydrogen-bond acceptors (Lipinski definition) is 7. The fraction of sp³-hybridized carbons (Fsp3) is 0.435. The average molecular weight is 422 g/mol. The number of ether oxygens (including phenoxy) is 1. The van der Waals surface area contributed by atoms with Crippen LogP contribution in [0.3, 0.4) is 0 Å². The summed E-state index contributed by atoms with van der Waals surface area (Å²) in [5.74, 6) is 2.78. The van der Waals surface area contributed by atoms with Crippen molar-refractivity contribution < 1.29 is 14.1 Å². The number of carbonyl (C=O) groups excluding carboxylic acids is 1. The predicted octanol–water partition coefficient (Wildman–Crippen LogP) is 3.49. The van der Waals surface area contributed by atoms with Gasteiger partial charge in [0.1, 0.15) is 11.6 Å². The second-order valence-corrected chi connectivity index (χ2v) is 7.88. The van der Waals surface area contributed by atoms with Crippen LogP contribution < -0.4 is 4.74 Å². The molecular weight excluding hydrogens is 394 g/mol. The van der Waals surface area contributed by atoms with Crippen LogP contribution in [0.1, 0.15) is 48.2 Å². The van der Waals surface area contributed by atoms with E-state index >= 15 is 0 Å². The molecule has 4 rings (SSSR count). The van der Waals surface area contributed by atoms with E-state index in [-0.39, 0.29) is 11.8 Å². The Morgan fingerprint density at radius 2 is 2.16 bits per heavy atom. The Kier molecular flexibility index (Phi) is 6.25. The lowest BCUT2D eigenvalue weighted by molar-refractivity contribution is -0.132. The third-order valence-corrected chi connectivity index (χ3v) is 5.63. The van der Waals surface area contributed by atoms with Crippen molar-refractivity contribution in [2.75, 3.05) is 20.2 Å². The summed E-state index contributed by atoms with van der Waals surface area (Å²) < 4.78 is 10.4. The molecule has 8 heteroatoms. The van der Waals surface area contributed by atoms with Gasteiger partial charge in [0.05, 0.1) is 18.4 Å². The SMILES string of the molecule is COc1cccc(CCC(=O)N2CCC[C@@H](c3nc(C)ncc3-c3noc(C)n3)C2)c1. The average Bonchev–Trinajstić information content (AvgIpc) is 3.23. The molecule has 0 saturated carbocycles. The normalized spacial score (nSPS) is 16.4. The minimum atomic E-state index is 0.116. The van der Waals surface area contributed by atoms with Crippen molar-refractivity contribution in [1.82, 2.24) is 25.0 Å². The van der Waals surface area contributed by atoms with Crippen LogP contribution in [-0.4, -0.2) is 51.1 Å². The second-order valence-electron chi connectivity index (χ2n) is 7.88. The number of aryl methyl sites for hydroxylation is 3. The minimum Gasteiger partial charge on any atom is -0.497 e. The van der Waals surface area contributed by atoms with Gasteiger partial charge in [0.2, 0.25) is 17.6 Å². The number of amides is 1. The molecule has 0 bridgehead atoms. The van der Waals surface area contributed by atoms with E-state index in [4.69, 9.17) is 14.2 Å². The van der Waals surface area contributed by atoms with E-state index in [0.717, 1.165) is 42.0 Å². The van der Waals surface area contributed by atoms with Crippen LogP contribution in [0.25, 0.3) is 11.4 Å². The monoisotopic (exact) mass is 421 g/mol. The van der Waals surface area contributed by atoms with Crippen molar-refractivity contribution in [2.24, 2.45) is 0 Å². The van der Waals surface area contributed by atoms with Crippen LogP contribution in [0, 0.1) is 13.8 Å². The Balaban J connectivity index is 1.47. The predicted molar refractivity (Wildman–Crippen MR) is 115 cm³/mol. The molecular formula is C23H27N5O3. The highest BCUT2D eigenvalue weighted by molar-refractivity contribution is 5.76. The highest BCUT2D eigenvalue weighted by atomic mass is 16.5. The smallest absolute Gasteiger partial charge is 0.223 e. The van der Waals surface area contributed by atoms with Gasteiger partial charge >= 0.3 is 0 Å². The zero-order valence-electron chi connectivity index (χ0n) is 18.2. The number of piperidine rings is 1. The number of rotatable bonds is 6. The summed E-state index contributed by atoms with van der Waals surface area (Å²) in [6.45, 7) is 5.04. The van der Waals surface area contributed by atoms with Gasteiger partial charge in [-0.15, -0.1) is 0 Å². The van der Waals surface area contributed by atoms with E-state index in [1.165, 1.54) is 0 Å². The number of carbonyl (C=O) groups is 1. The van der Waals surface area contributed by atoms with E-state index < -0.39 is 0 Å². The molecule has 0 radical (unpaired) electrons. The summed E-state index contributed by atoms with van der Waals surface area (Å²) in [6.07, 6.45) is 4.81. The van der Waals surface area contributed by atoms with Crippen molar-refractivity contribution in [3.63, 3.8) is 0 Å². The molecule has 3 heterocycles. The summed E-state index contributed by atoms with van der Waals surface area (Å²) in [6, 6.07) is 7.87. The van der Waals surface area contributed by atoms with E-state index in [9.17, 15) is 4.79 Å². The van der Waals surface area contributed by atoms with Gasteiger partial charge in [0.25, 0.3) is 0 Å². The summed E-state index contributed by atoms with van der Waals surface area (Å²) in [5, 5.41) is 4.05. The second kappa shape index (κ2) is 9.24. The standard InChI is InChI=1S/C23H27N5O3/c1-15-24-13-20(23-26-16(2)31-27-23)22(25-15)18-7-5-11-28(14-18)21(29)10-9-17-6-4-8-19(12-17)30-3/h4,6,8,12-13,18H,5,7,9-11,14H2,1-3H3/t18-/m1/s1. The Hall–Kier alpha value is -3.29. The topological polar surface area (TPSA) is 94.2 Å². The Morgan fingerprint density at radius 1 is 1.29 bits per heavy atom. The molecule has 1 fully saturated rings. The van der Waals surface area contributed by atoms with Gasteiger partial charge in [0, 0.05) is 38.5 Å². The van der Waals surface area contributed by atoms with Crippen molar-refractivity contribution in [1.29, 1.82) is 0 Å². The molecule has 162 valence electrons. The molecule has 2 aromatic heterocycles. The third-order valence-electron chi connectivity index (χ3n) is 5.63. The van der Waals surface area contributed by atoms with E-state index in [2.05, 4.69) is 15.1 Å². The van der Waals surface area contributed by atoms with Gasteiger partial charge in [-0.25, -0.2) is 9.97 Å². The maximum atomic E-state index is 13.0. The van der Waals surface area contributed by atoms with E-state index in [1.54, 1.807) is 20.2 Å². The number of nitrogens with zero attached hydrogens (tertiary/aromatic N) is 5. The summed E-state index contributed by atoms with van der Waals surface area (Å²) >= 11 is 0. The van der Waals surface area contributed by atoms with Crippen LogP contribution >= 0.6 is 0 Å². The van der Waals surface area contributed by atoms with Gasteiger partial charge in [0.15, 0.2) is 0 Å². The highest BCUT2D eigenvalue weighted by Crippen LogP contribution is 2.32. The largest absolute Gasteiger partial charge is 0.497 e. The molecule has 8 nitrogen and oxygen atoms in total. The zero-order valence-corrected chi connectivity index (χ0v) is 18.2. The molecule has 0 aliphatic carbocycles. The zero-order chi connectivity index (χ0) is 21.8. The number of hydrogen-bond donors (Lipinski definition) is 0. The molecule has 0 unspecified atom stereocenters. The first kappa shape index (κ1) is 21.0. The summed E-state index contributed by atoms with van der Waals surface area (Å²) in [5.41, 5.74) is 2.76. The number of likely N-dealkylation sites (tertiary alicyclic amines) is 1. The van der Waals surface area contributed by atoms with Crippen LogP contribution in [0.2, 0.25) is 0 Å². The maximum absolute atomic E-state index is 13.0.